The zero-order valence-electron chi connectivity index (χ0n) is 11.7. The lowest BCUT2D eigenvalue weighted by Crippen LogP contribution is -2.04. The minimum Gasteiger partial charge on any atom is -0.489 e. The molecule has 0 aliphatic rings. The second-order valence-electron chi connectivity index (χ2n) is 4.36. The van der Waals surface area contributed by atoms with E-state index >= 15 is 0 Å². The quantitative estimate of drug-likeness (QED) is 0.491. The van der Waals surface area contributed by atoms with E-state index in [1.54, 1.807) is 26.8 Å². The molecule has 20 heavy (non-hydrogen) atoms. The summed E-state index contributed by atoms with van der Waals surface area (Å²) < 4.78 is 5.47. The van der Waals surface area contributed by atoms with E-state index in [1.807, 2.05) is 0 Å². The SMILES string of the molecule is CCC(=CCOc1cc(C)c([N+](=O)[O-])cc1C)C(=O)O. The lowest BCUT2D eigenvalue weighted by molar-refractivity contribution is -0.385. The molecule has 0 saturated carbocycles. The number of nitro benzene ring substituents is 1. The highest BCUT2D eigenvalue weighted by atomic mass is 16.6. The molecule has 0 bridgehead atoms. The van der Waals surface area contributed by atoms with Gasteiger partial charge in [0.25, 0.3) is 5.69 Å². The van der Waals surface area contributed by atoms with E-state index in [9.17, 15) is 14.9 Å². The molecule has 0 aromatic heterocycles. The van der Waals surface area contributed by atoms with Gasteiger partial charge < -0.3 is 9.84 Å². The van der Waals surface area contributed by atoms with E-state index in [4.69, 9.17) is 9.84 Å². The Bertz CT molecular complexity index is 563. The molecule has 6 heteroatoms. The number of carboxylic acids is 1. The van der Waals surface area contributed by atoms with Gasteiger partial charge in [-0.2, -0.15) is 0 Å². The standard InChI is InChI=1S/C14H17NO5/c1-4-11(14(16)17)5-6-20-13-8-9(2)12(15(18)19)7-10(13)3/h5,7-8H,4,6H2,1-3H3,(H,16,17). The van der Waals surface area contributed by atoms with Gasteiger partial charge in [-0.3, -0.25) is 10.1 Å². The largest absolute Gasteiger partial charge is 0.489 e. The van der Waals surface area contributed by atoms with Gasteiger partial charge in [0.05, 0.1) is 4.92 Å². The first-order chi connectivity index (χ1) is 9.36. The lowest BCUT2D eigenvalue weighted by Gasteiger charge is -2.09. The van der Waals surface area contributed by atoms with Crippen LogP contribution in [-0.4, -0.2) is 22.6 Å². The van der Waals surface area contributed by atoms with Crippen molar-refractivity contribution in [2.24, 2.45) is 0 Å². The molecule has 1 N–H and O–H groups in total. The summed E-state index contributed by atoms with van der Waals surface area (Å²) in [5.74, 6) is -0.446. The van der Waals surface area contributed by atoms with E-state index in [2.05, 4.69) is 0 Å². The number of aryl methyl sites for hydroxylation is 2. The zero-order valence-corrected chi connectivity index (χ0v) is 11.7. The van der Waals surface area contributed by atoms with Crippen molar-refractivity contribution in [2.75, 3.05) is 6.61 Å². The van der Waals surface area contributed by atoms with E-state index < -0.39 is 10.9 Å². The summed E-state index contributed by atoms with van der Waals surface area (Å²) in [6, 6.07) is 3.04. The maximum atomic E-state index is 10.8. The van der Waals surface area contributed by atoms with Crippen LogP contribution in [0.4, 0.5) is 5.69 Å². The molecule has 1 aromatic carbocycles. The molecule has 0 aliphatic heterocycles. The van der Waals surface area contributed by atoms with E-state index in [-0.39, 0.29) is 17.9 Å². The van der Waals surface area contributed by atoms with Gasteiger partial charge in [-0.15, -0.1) is 0 Å². The number of nitrogens with zero attached hydrogens (tertiary/aromatic N) is 1. The number of carboxylic acid groups (broad SMARTS) is 1. The Morgan fingerprint density at radius 2 is 2.05 bits per heavy atom. The number of aliphatic carboxylic acids is 1. The Kier molecular flexibility index (Phi) is 5.25. The molecule has 6 nitrogen and oxygen atoms in total. The summed E-state index contributed by atoms with van der Waals surface area (Å²) in [4.78, 5) is 21.2. The van der Waals surface area contributed by atoms with Crippen LogP contribution in [0.25, 0.3) is 0 Å². The average molecular weight is 279 g/mol. The Labute approximate surface area is 116 Å². The zero-order chi connectivity index (χ0) is 15.3. The number of benzene rings is 1. The monoisotopic (exact) mass is 279 g/mol. The van der Waals surface area contributed by atoms with Gasteiger partial charge >= 0.3 is 5.97 Å². The molecule has 0 saturated heterocycles. The molecule has 0 amide bonds. The molecule has 0 unspecified atom stereocenters. The van der Waals surface area contributed by atoms with Crippen molar-refractivity contribution in [3.63, 3.8) is 0 Å². The summed E-state index contributed by atoms with van der Waals surface area (Å²) in [6.07, 6.45) is 1.91. The van der Waals surface area contributed by atoms with Gasteiger partial charge in [-0.1, -0.05) is 6.92 Å². The molecule has 0 aliphatic carbocycles. The molecule has 108 valence electrons. The summed E-state index contributed by atoms with van der Waals surface area (Å²) in [7, 11) is 0. The minimum absolute atomic E-state index is 0.0465. The fourth-order valence-electron chi connectivity index (χ4n) is 1.74. The first kappa shape index (κ1) is 15.7. The van der Waals surface area contributed by atoms with Crippen molar-refractivity contribution in [2.45, 2.75) is 27.2 Å². The Morgan fingerprint density at radius 3 is 2.55 bits per heavy atom. The van der Waals surface area contributed by atoms with Crippen LogP contribution in [0.5, 0.6) is 5.75 Å². The van der Waals surface area contributed by atoms with Crippen LogP contribution >= 0.6 is 0 Å². The van der Waals surface area contributed by atoms with Crippen LogP contribution in [0.2, 0.25) is 0 Å². The molecule has 0 radical (unpaired) electrons. The Hall–Kier alpha value is -2.37. The van der Waals surface area contributed by atoms with Gasteiger partial charge in [-0.25, -0.2) is 4.79 Å². The van der Waals surface area contributed by atoms with Gasteiger partial charge in [0.2, 0.25) is 0 Å². The molecule has 1 rings (SSSR count). The van der Waals surface area contributed by atoms with Crippen molar-refractivity contribution in [3.05, 3.63) is 45.0 Å². The van der Waals surface area contributed by atoms with Crippen LogP contribution in [0.15, 0.2) is 23.8 Å². The molecule has 0 fully saturated rings. The number of hydrogen-bond acceptors (Lipinski definition) is 4. The Balaban J connectivity index is 2.87. The number of hydrogen-bond donors (Lipinski definition) is 1. The topological polar surface area (TPSA) is 89.7 Å². The summed E-state index contributed by atoms with van der Waals surface area (Å²) in [5, 5.41) is 19.7. The molecular formula is C14H17NO5. The minimum atomic E-state index is -0.965. The van der Waals surface area contributed by atoms with Crippen molar-refractivity contribution < 1.29 is 19.6 Å². The third-order valence-corrected chi connectivity index (χ3v) is 2.91. The first-order valence-electron chi connectivity index (χ1n) is 6.17. The van der Waals surface area contributed by atoms with Gasteiger partial charge in [0, 0.05) is 17.2 Å². The summed E-state index contributed by atoms with van der Waals surface area (Å²) in [6.45, 7) is 5.22. The normalized spacial score (nSPS) is 11.2. The fourth-order valence-corrected chi connectivity index (χ4v) is 1.74. The van der Waals surface area contributed by atoms with Gasteiger partial charge in [0.1, 0.15) is 12.4 Å². The maximum absolute atomic E-state index is 10.8. The average Bonchev–Trinajstić information content (AvgIpc) is 2.37. The maximum Gasteiger partial charge on any atom is 0.331 e. The second-order valence-corrected chi connectivity index (χ2v) is 4.36. The van der Waals surface area contributed by atoms with E-state index in [0.29, 0.717) is 23.3 Å². The van der Waals surface area contributed by atoms with Gasteiger partial charge in [0.15, 0.2) is 0 Å². The highest BCUT2D eigenvalue weighted by Gasteiger charge is 2.14. The summed E-state index contributed by atoms with van der Waals surface area (Å²) >= 11 is 0. The number of carbonyl (C=O) groups is 1. The number of ether oxygens (including phenoxy) is 1. The van der Waals surface area contributed by atoms with Crippen LogP contribution < -0.4 is 4.74 Å². The third-order valence-electron chi connectivity index (χ3n) is 2.91. The first-order valence-corrected chi connectivity index (χ1v) is 6.17. The molecule has 0 atom stereocenters. The van der Waals surface area contributed by atoms with Crippen LogP contribution in [0.1, 0.15) is 24.5 Å². The van der Waals surface area contributed by atoms with Crippen LogP contribution in [0.3, 0.4) is 0 Å². The van der Waals surface area contributed by atoms with Crippen molar-refractivity contribution >= 4 is 11.7 Å². The van der Waals surface area contributed by atoms with Crippen LogP contribution in [0, 0.1) is 24.0 Å². The predicted molar refractivity (Wildman–Crippen MR) is 74.1 cm³/mol. The van der Waals surface area contributed by atoms with Gasteiger partial charge in [-0.05, 0) is 38.0 Å². The van der Waals surface area contributed by atoms with Crippen LogP contribution in [-0.2, 0) is 4.79 Å². The fraction of sp³-hybridized carbons (Fsp3) is 0.357. The third kappa shape index (κ3) is 3.81. The van der Waals surface area contributed by atoms with E-state index in [0.717, 1.165) is 0 Å². The highest BCUT2D eigenvalue weighted by molar-refractivity contribution is 5.86. The molecular weight excluding hydrogens is 262 g/mol. The molecule has 0 spiro atoms. The van der Waals surface area contributed by atoms with Crippen molar-refractivity contribution in [1.29, 1.82) is 0 Å². The van der Waals surface area contributed by atoms with Crippen molar-refractivity contribution in [1.82, 2.24) is 0 Å². The predicted octanol–water partition coefficient (Wildman–Crippen LogP) is 3.01. The smallest absolute Gasteiger partial charge is 0.331 e. The Morgan fingerprint density at radius 1 is 1.40 bits per heavy atom. The second kappa shape index (κ2) is 6.70. The molecule has 1 aromatic rings. The summed E-state index contributed by atoms with van der Waals surface area (Å²) in [5.41, 5.74) is 1.48. The van der Waals surface area contributed by atoms with Crippen molar-refractivity contribution in [3.8, 4) is 5.75 Å². The molecule has 0 heterocycles. The lowest BCUT2D eigenvalue weighted by atomic mass is 10.1. The van der Waals surface area contributed by atoms with E-state index in [1.165, 1.54) is 12.1 Å². The highest BCUT2D eigenvalue weighted by Crippen LogP contribution is 2.27. The number of rotatable bonds is 6. The number of nitro groups is 1.